The number of nitrogens with zero attached hydrogens (tertiary/aromatic N) is 1. The van der Waals surface area contributed by atoms with Crippen molar-refractivity contribution < 1.29 is 13.2 Å². The van der Waals surface area contributed by atoms with Gasteiger partial charge in [-0.1, -0.05) is 18.7 Å². The average molecular weight is 246 g/mol. The molecule has 0 saturated carbocycles. The topological polar surface area (TPSA) is 24.4 Å². The Morgan fingerprint density at radius 2 is 1.94 bits per heavy atom. The molecule has 0 fully saturated rings. The van der Waals surface area contributed by atoms with Gasteiger partial charge >= 0.3 is 0 Å². The Kier molecular flexibility index (Phi) is 3.09. The molecule has 1 aliphatic rings. The number of anilines is 1. The van der Waals surface area contributed by atoms with E-state index in [-0.39, 0.29) is 5.69 Å². The standard InChI is InChI=1S/C10H9F3N2S/c1-5-4-14-10(16-5)15-9-3-7(12)6(11)2-8(9)13/h2-3,5H,4H2,1H3,(H,14,15). The number of halogens is 3. The van der Waals surface area contributed by atoms with E-state index in [2.05, 4.69) is 10.3 Å². The van der Waals surface area contributed by atoms with E-state index >= 15 is 0 Å². The molecule has 0 radical (unpaired) electrons. The van der Waals surface area contributed by atoms with Crippen LogP contribution in [0.4, 0.5) is 18.9 Å². The number of hydrogen-bond donors (Lipinski definition) is 1. The summed E-state index contributed by atoms with van der Waals surface area (Å²) in [4.78, 5) is 4.09. The lowest BCUT2D eigenvalue weighted by Crippen LogP contribution is -2.08. The van der Waals surface area contributed by atoms with Crippen molar-refractivity contribution in [2.75, 3.05) is 11.9 Å². The second-order valence-electron chi connectivity index (χ2n) is 3.45. The number of amidine groups is 1. The fourth-order valence-electron chi connectivity index (χ4n) is 1.28. The van der Waals surface area contributed by atoms with E-state index in [9.17, 15) is 13.2 Å². The van der Waals surface area contributed by atoms with Crippen LogP contribution in [0, 0.1) is 17.5 Å². The molecular weight excluding hydrogens is 237 g/mol. The predicted octanol–water partition coefficient (Wildman–Crippen LogP) is 3.01. The van der Waals surface area contributed by atoms with Crippen LogP contribution < -0.4 is 5.32 Å². The fourth-order valence-corrected chi connectivity index (χ4v) is 2.13. The summed E-state index contributed by atoms with van der Waals surface area (Å²) in [5.74, 6) is -3.11. The molecule has 2 rings (SSSR count). The second-order valence-corrected chi connectivity index (χ2v) is 4.87. The van der Waals surface area contributed by atoms with Crippen LogP contribution >= 0.6 is 11.8 Å². The van der Waals surface area contributed by atoms with Crippen molar-refractivity contribution >= 4 is 22.6 Å². The molecule has 0 bridgehead atoms. The molecule has 0 aliphatic carbocycles. The molecule has 86 valence electrons. The Labute approximate surface area is 95.0 Å². The third-order valence-corrected chi connectivity index (χ3v) is 3.06. The first kappa shape index (κ1) is 11.3. The zero-order valence-corrected chi connectivity index (χ0v) is 9.25. The first-order valence-corrected chi connectivity index (χ1v) is 5.57. The second kappa shape index (κ2) is 4.37. The van der Waals surface area contributed by atoms with Gasteiger partial charge in [-0.15, -0.1) is 0 Å². The van der Waals surface area contributed by atoms with Crippen molar-refractivity contribution in [1.29, 1.82) is 0 Å². The third-order valence-electron chi connectivity index (χ3n) is 2.06. The summed E-state index contributed by atoms with van der Waals surface area (Å²) in [7, 11) is 0. The van der Waals surface area contributed by atoms with Gasteiger partial charge in [0.1, 0.15) is 5.82 Å². The summed E-state index contributed by atoms with van der Waals surface area (Å²) in [6, 6.07) is 1.30. The van der Waals surface area contributed by atoms with Crippen LogP contribution in [0.1, 0.15) is 6.92 Å². The predicted molar refractivity (Wildman–Crippen MR) is 59.3 cm³/mol. The highest BCUT2D eigenvalue weighted by Crippen LogP contribution is 2.24. The smallest absolute Gasteiger partial charge is 0.161 e. The lowest BCUT2D eigenvalue weighted by molar-refractivity contribution is 0.496. The van der Waals surface area contributed by atoms with Gasteiger partial charge in [0.15, 0.2) is 16.8 Å². The normalized spacial score (nSPS) is 19.8. The van der Waals surface area contributed by atoms with Crippen molar-refractivity contribution in [2.24, 2.45) is 4.99 Å². The molecule has 1 aromatic rings. The van der Waals surface area contributed by atoms with Gasteiger partial charge in [-0.2, -0.15) is 0 Å². The first-order valence-electron chi connectivity index (χ1n) is 4.69. The van der Waals surface area contributed by atoms with Crippen molar-refractivity contribution in [2.45, 2.75) is 12.2 Å². The Bertz CT molecular complexity index is 448. The first-order chi connectivity index (χ1) is 7.56. The van der Waals surface area contributed by atoms with Gasteiger partial charge in [-0.25, -0.2) is 13.2 Å². The molecular formula is C10H9F3N2S. The summed E-state index contributed by atoms with van der Waals surface area (Å²) in [6.45, 7) is 2.61. The van der Waals surface area contributed by atoms with Crippen molar-refractivity contribution in [3.05, 3.63) is 29.6 Å². The highest BCUT2D eigenvalue weighted by atomic mass is 32.2. The largest absolute Gasteiger partial charge is 0.332 e. The highest BCUT2D eigenvalue weighted by Gasteiger charge is 2.17. The van der Waals surface area contributed by atoms with Gasteiger partial charge in [0.05, 0.1) is 12.2 Å². The number of nitrogens with one attached hydrogen (secondary N) is 1. The summed E-state index contributed by atoms with van der Waals surface area (Å²) >= 11 is 1.44. The van der Waals surface area contributed by atoms with E-state index in [1.807, 2.05) is 6.92 Å². The van der Waals surface area contributed by atoms with Gasteiger partial charge in [-0.05, 0) is 0 Å². The van der Waals surface area contributed by atoms with E-state index in [1.165, 1.54) is 11.8 Å². The Hall–Kier alpha value is -1.17. The van der Waals surface area contributed by atoms with Gasteiger partial charge < -0.3 is 5.32 Å². The van der Waals surface area contributed by atoms with Gasteiger partial charge in [0, 0.05) is 17.4 Å². The monoisotopic (exact) mass is 246 g/mol. The molecule has 16 heavy (non-hydrogen) atoms. The van der Waals surface area contributed by atoms with Crippen LogP contribution in [0.2, 0.25) is 0 Å². The molecule has 1 atom stereocenters. The number of rotatable bonds is 1. The van der Waals surface area contributed by atoms with Crippen LogP contribution in [0.3, 0.4) is 0 Å². The minimum atomic E-state index is -1.20. The number of aliphatic imine (C=N–C) groups is 1. The molecule has 1 N–H and O–H groups in total. The summed E-state index contributed by atoms with van der Waals surface area (Å²) in [6.07, 6.45) is 0. The molecule has 1 aromatic carbocycles. The van der Waals surface area contributed by atoms with Crippen molar-refractivity contribution in [3.63, 3.8) is 0 Å². The quantitative estimate of drug-likeness (QED) is 0.770. The minimum Gasteiger partial charge on any atom is -0.332 e. The maximum atomic E-state index is 13.2. The number of hydrogen-bond acceptors (Lipinski definition) is 3. The van der Waals surface area contributed by atoms with Crippen molar-refractivity contribution in [3.8, 4) is 0 Å². The molecule has 0 saturated heterocycles. The Morgan fingerprint density at radius 3 is 2.56 bits per heavy atom. The molecule has 0 spiro atoms. The molecule has 6 heteroatoms. The lowest BCUT2D eigenvalue weighted by Gasteiger charge is -2.07. The van der Waals surface area contributed by atoms with Gasteiger partial charge in [-0.3, -0.25) is 4.99 Å². The van der Waals surface area contributed by atoms with Crippen LogP contribution in [-0.2, 0) is 0 Å². The van der Waals surface area contributed by atoms with E-state index in [0.29, 0.717) is 23.0 Å². The van der Waals surface area contributed by atoms with E-state index in [4.69, 9.17) is 0 Å². The van der Waals surface area contributed by atoms with Crippen molar-refractivity contribution in [1.82, 2.24) is 0 Å². The van der Waals surface area contributed by atoms with Gasteiger partial charge in [0.2, 0.25) is 0 Å². The van der Waals surface area contributed by atoms with Crippen LogP contribution in [0.25, 0.3) is 0 Å². The van der Waals surface area contributed by atoms with Crippen LogP contribution in [0.15, 0.2) is 17.1 Å². The SMILES string of the molecule is CC1CN=C(Nc2cc(F)c(F)cc2F)S1. The Morgan fingerprint density at radius 1 is 1.25 bits per heavy atom. The summed E-state index contributed by atoms with van der Waals surface area (Å²) in [5.41, 5.74) is -0.0979. The van der Waals surface area contributed by atoms with E-state index in [1.54, 1.807) is 0 Å². The number of thioether (sulfide) groups is 1. The van der Waals surface area contributed by atoms with E-state index < -0.39 is 17.5 Å². The fraction of sp³-hybridized carbons (Fsp3) is 0.300. The molecule has 0 amide bonds. The zero-order chi connectivity index (χ0) is 11.7. The molecule has 1 heterocycles. The summed E-state index contributed by atoms with van der Waals surface area (Å²) in [5, 5.41) is 3.48. The molecule has 1 unspecified atom stereocenters. The summed E-state index contributed by atoms with van der Waals surface area (Å²) < 4.78 is 38.8. The Balaban J connectivity index is 2.19. The van der Waals surface area contributed by atoms with E-state index in [0.717, 1.165) is 6.07 Å². The van der Waals surface area contributed by atoms with Gasteiger partial charge in [0.25, 0.3) is 0 Å². The lowest BCUT2D eigenvalue weighted by atomic mass is 10.3. The highest BCUT2D eigenvalue weighted by molar-refractivity contribution is 8.15. The molecule has 1 aliphatic heterocycles. The number of benzene rings is 1. The molecule has 2 nitrogen and oxygen atoms in total. The average Bonchev–Trinajstić information content (AvgIpc) is 2.60. The zero-order valence-electron chi connectivity index (χ0n) is 8.43. The van der Waals surface area contributed by atoms with Crippen LogP contribution in [-0.4, -0.2) is 17.0 Å². The maximum Gasteiger partial charge on any atom is 0.161 e. The molecule has 0 aromatic heterocycles. The van der Waals surface area contributed by atoms with Crippen LogP contribution in [0.5, 0.6) is 0 Å². The maximum absolute atomic E-state index is 13.2. The third kappa shape index (κ3) is 2.32. The minimum absolute atomic E-state index is 0.0979.